The Bertz CT molecular complexity index is 554. The fraction of sp³-hybridized carbons (Fsp3) is 0.650. The zero-order valence-corrected chi connectivity index (χ0v) is 14.7. The van der Waals surface area contributed by atoms with Crippen LogP contribution in [0.5, 0.6) is 0 Å². The molecule has 2 aliphatic heterocycles. The summed E-state index contributed by atoms with van der Waals surface area (Å²) in [7, 11) is 0. The molecule has 0 radical (unpaired) electrons. The van der Waals surface area contributed by atoms with Crippen LogP contribution in [-0.4, -0.2) is 47.9 Å². The van der Waals surface area contributed by atoms with Gasteiger partial charge in [-0.15, -0.1) is 0 Å². The van der Waals surface area contributed by atoms with Gasteiger partial charge in [0.15, 0.2) is 0 Å². The van der Waals surface area contributed by atoms with Crippen molar-refractivity contribution < 1.29 is 9.18 Å². The highest BCUT2D eigenvalue weighted by molar-refractivity contribution is 5.78. The third kappa shape index (κ3) is 4.56. The smallest absolute Gasteiger partial charge is 0.236 e. The zero-order chi connectivity index (χ0) is 16.9. The van der Waals surface area contributed by atoms with Crippen LogP contribution >= 0.6 is 0 Å². The molecule has 1 atom stereocenters. The zero-order valence-electron chi connectivity index (χ0n) is 14.7. The molecule has 2 aliphatic rings. The Morgan fingerprint density at radius 2 is 1.96 bits per heavy atom. The van der Waals surface area contributed by atoms with Crippen LogP contribution < -0.4 is 0 Å². The molecular formula is C20H29FN2O. The van der Waals surface area contributed by atoms with Crippen LogP contribution in [0.2, 0.25) is 0 Å². The molecule has 0 N–H and O–H groups in total. The van der Waals surface area contributed by atoms with Crippen molar-refractivity contribution in [3.63, 3.8) is 0 Å². The van der Waals surface area contributed by atoms with Gasteiger partial charge in [0.05, 0.1) is 6.54 Å². The highest BCUT2D eigenvalue weighted by atomic mass is 19.1. The van der Waals surface area contributed by atoms with E-state index in [1.54, 1.807) is 12.1 Å². The minimum Gasteiger partial charge on any atom is -0.339 e. The summed E-state index contributed by atoms with van der Waals surface area (Å²) in [6.07, 6.45) is 6.67. The molecule has 3 rings (SSSR count). The first-order valence-electron chi connectivity index (χ1n) is 9.38. The van der Waals surface area contributed by atoms with Gasteiger partial charge in [-0.25, -0.2) is 4.39 Å². The molecule has 1 aromatic rings. The molecule has 132 valence electrons. The SMILES string of the molecule is CC1CCCCN1C(=O)CN1CCC(Cc2cccc(F)c2)CC1. The Labute approximate surface area is 144 Å². The van der Waals surface area contributed by atoms with Crippen LogP contribution in [0, 0.1) is 11.7 Å². The van der Waals surface area contributed by atoms with Crippen molar-refractivity contribution in [2.75, 3.05) is 26.2 Å². The van der Waals surface area contributed by atoms with Crippen molar-refractivity contribution in [3.8, 4) is 0 Å². The van der Waals surface area contributed by atoms with E-state index >= 15 is 0 Å². The highest BCUT2D eigenvalue weighted by Gasteiger charge is 2.26. The van der Waals surface area contributed by atoms with Crippen LogP contribution in [-0.2, 0) is 11.2 Å². The largest absolute Gasteiger partial charge is 0.339 e. The number of amides is 1. The average Bonchev–Trinajstić information content (AvgIpc) is 2.57. The number of nitrogens with zero attached hydrogens (tertiary/aromatic N) is 2. The molecule has 0 spiro atoms. The van der Waals surface area contributed by atoms with Gasteiger partial charge in [0.25, 0.3) is 0 Å². The van der Waals surface area contributed by atoms with Crippen LogP contribution in [0.15, 0.2) is 24.3 Å². The normalized spacial score (nSPS) is 23.4. The lowest BCUT2D eigenvalue weighted by atomic mass is 9.90. The Balaban J connectivity index is 1.44. The number of piperidine rings is 2. The number of carbonyl (C=O) groups is 1. The quantitative estimate of drug-likeness (QED) is 0.843. The Kier molecular flexibility index (Phi) is 5.88. The van der Waals surface area contributed by atoms with E-state index in [-0.39, 0.29) is 5.82 Å². The molecule has 2 fully saturated rings. The molecule has 1 unspecified atom stereocenters. The monoisotopic (exact) mass is 332 g/mol. The summed E-state index contributed by atoms with van der Waals surface area (Å²) in [4.78, 5) is 16.9. The summed E-state index contributed by atoms with van der Waals surface area (Å²) >= 11 is 0. The van der Waals surface area contributed by atoms with Gasteiger partial charge in [-0.05, 0) is 82.2 Å². The maximum Gasteiger partial charge on any atom is 0.236 e. The van der Waals surface area contributed by atoms with Crippen molar-refractivity contribution >= 4 is 5.91 Å². The summed E-state index contributed by atoms with van der Waals surface area (Å²) in [6, 6.07) is 7.35. The van der Waals surface area contributed by atoms with Gasteiger partial charge < -0.3 is 4.90 Å². The van der Waals surface area contributed by atoms with Crippen molar-refractivity contribution in [2.45, 2.75) is 51.5 Å². The van der Waals surface area contributed by atoms with Gasteiger partial charge in [-0.1, -0.05) is 12.1 Å². The van der Waals surface area contributed by atoms with Crippen molar-refractivity contribution in [3.05, 3.63) is 35.6 Å². The third-order valence-electron chi connectivity index (χ3n) is 5.60. The number of hydrogen-bond donors (Lipinski definition) is 0. The lowest BCUT2D eigenvalue weighted by molar-refractivity contribution is -0.136. The van der Waals surface area contributed by atoms with Crippen LogP contribution in [0.3, 0.4) is 0 Å². The summed E-state index contributed by atoms with van der Waals surface area (Å²) in [5.74, 6) is 0.754. The summed E-state index contributed by atoms with van der Waals surface area (Å²) in [5, 5.41) is 0. The molecule has 2 heterocycles. The minimum absolute atomic E-state index is 0.147. The van der Waals surface area contributed by atoms with Gasteiger partial charge in [0, 0.05) is 12.6 Å². The Morgan fingerprint density at radius 1 is 1.17 bits per heavy atom. The topological polar surface area (TPSA) is 23.6 Å². The Morgan fingerprint density at radius 3 is 2.67 bits per heavy atom. The van der Waals surface area contributed by atoms with Gasteiger partial charge >= 0.3 is 0 Å². The first kappa shape index (κ1) is 17.4. The first-order chi connectivity index (χ1) is 11.6. The fourth-order valence-electron chi connectivity index (χ4n) is 4.10. The van der Waals surface area contributed by atoms with E-state index in [2.05, 4.69) is 16.7 Å². The lowest BCUT2D eigenvalue weighted by Crippen LogP contribution is -2.48. The second-order valence-electron chi connectivity index (χ2n) is 7.49. The standard InChI is InChI=1S/C20H29FN2O/c1-16-5-2-3-10-23(16)20(24)15-22-11-8-17(9-12-22)13-18-6-4-7-19(21)14-18/h4,6-7,14,16-17H,2-3,5,8-13,15H2,1H3. The molecule has 1 aromatic carbocycles. The van der Waals surface area contributed by atoms with E-state index in [9.17, 15) is 9.18 Å². The predicted octanol–water partition coefficient (Wildman–Crippen LogP) is 3.48. The minimum atomic E-state index is -0.147. The molecule has 3 nitrogen and oxygen atoms in total. The number of halogens is 1. The highest BCUT2D eigenvalue weighted by Crippen LogP contribution is 2.23. The van der Waals surface area contributed by atoms with Crippen LogP contribution in [0.4, 0.5) is 4.39 Å². The maximum absolute atomic E-state index is 13.3. The van der Waals surface area contributed by atoms with E-state index in [0.717, 1.165) is 57.3 Å². The fourth-order valence-corrected chi connectivity index (χ4v) is 4.10. The van der Waals surface area contributed by atoms with Gasteiger partial charge in [0.2, 0.25) is 5.91 Å². The molecule has 2 saturated heterocycles. The first-order valence-corrected chi connectivity index (χ1v) is 9.38. The molecule has 0 bridgehead atoms. The van der Waals surface area contributed by atoms with Gasteiger partial charge in [-0.2, -0.15) is 0 Å². The van der Waals surface area contributed by atoms with Crippen molar-refractivity contribution in [1.82, 2.24) is 9.80 Å². The third-order valence-corrected chi connectivity index (χ3v) is 5.60. The second kappa shape index (κ2) is 8.11. The number of hydrogen-bond acceptors (Lipinski definition) is 2. The Hall–Kier alpha value is -1.42. The molecule has 0 aliphatic carbocycles. The number of rotatable bonds is 4. The molecule has 24 heavy (non-hydrogen) atoms. The molecule has 0 aromatic heterocycles. The van der Waals surface area contributed by atoms with Gasteiger partial charge in [-0.3, -0.25) is 9.69 Å². The van der Waals surface area contributed by atoms with Crippen molar-refractivity contribution in [2.24, 2.45) is 5.92 Å². The number of benzene rings is 1. The maximum atomic E-state index is 13.3. The van der Waals surface area contributed by atoms with E-state index in [1.807, 2.05) is 6.07 Å². The number of carbonyl (C=O) groups excluding carboxylic acids is 1. The van der Waals surface area contributed by atoms with Gasteiger partial charge in [0.1, 0.15) is 5.82 Å². The van der Waals surface area contributed by atoms with E-state index < -0.39 is 0 Å². The number of likely N-dealkylation sites (tertiary alicyclic amines) is 2. The predicted molar refractivity (Wildman–Crippen MR) is 94.3 cm³/mol. The average molecular weight is 332 g/mol. The molecular weight excluding hydrogens is 303 g/mol. The summed E-state index contributed by atoms with van der Waals surface area (Å²) in [6.45, 7) is 5.62. The summed E-state index contributed by atoms with van der Waals surface area (Å²) < 4.78 is 13.3. The van der Waals surface area contributed by atoms with E-state index in [1.165, 1.54) is 12.5 Å². The molecule has 4 heteroatoms. The molecule has 0 saturated carbocycles. The van der Waals surface area contributed by atoms with Crippen LogP contribution in [0.25, 0.3) is 0 Å². The lowest BCUT2D eigenvalue weighted by Gasteiger charge is -2.37. The summed E-state index contributed by atoms with van der Waals surface area (Å²) in [5.41, 5.74) is 1.09. The second-order valence-corrected chi connectivity index (χ2v) is 7.49. The van der Waals surface area contributed by atoms with Crippen LogP contribution in [0.1, 0.15) is 44.6 Å². The van der Waals surface area contributed by atoms with Crippen molar-refractivity contribution in [1.29, 1.82) is 0 Å². The van der Waals surface area contributed by atoms with E-state index in [4.69, 9.17) is 0 Å². The van der Waals surface area contributed by atoms with E-state index in [0.29, 0.717) is 24.4 Å². The molecule has 1 amide bonds.